The van der Waals surface area contributed by atoms with Crippen LogP contribution in [0.25, 0.3) is 0 Å². The van der Waals surface area contributed by atoms with Gasteiger partial charge in [-0.3, -0.25) is 9.69 Å². The van der Waals surface area contributed by atoms with Gasteiger partial charge in [-0.15, -0.1) is 0 Å². The van der Waals surface area contributed by atoms with Crippen molar-refractivity contribution in [2.75, 3.05) is 26.4 Å². The highest BCUT2D eigenvalue weighted by Crippen LogP contribution is 2.29. The van der Waals surface area contributed by atoms with E-state index in [1.165, 1.54) is 0 Å². The van der Waals surface area contributed by atoms with E-state index in [0.29, 0.717) is 0 Å². The molecular formula is C9H14F3NO4. The quantitative estimate of drug-likeness (QED) is 0.746. The monoisotopic (exact) mass is 257 g/mol. The summed E-state index contributed by atoms with van der Waals surface area (Å²) in [5.74, 6) is -1.52. The highest BCUT2D eigenvalue weighted by Gasteiger charge is 2.47. The third-order valence-electron chi connectivity index (χ3n) is 2.63. The maximum Gasteiger partial charge on any atom is 0.404 e. The first-order chi connectivity index (χ1) is 7.86. The summed E-state index contributed by atoms with van der Waals surface area (Å²) in [6, 6.07) is -2.89. The molecule has 0 aromatic rings. The molecule has 1 aliphatic rings. The van der Waals surface area contributed by atoms with E-state index < -0.39 is 37.3 Å². The Morgan fingerprint density at radius 1 is 1.53 bits per heavy atom. The van der Waals surface area contributed by atoms with E-state index in [0.717, 1.165) is 4.90 Å². The molecule has 0 bridgehead atoms. The summed E-state index contributed by atoms with van der Waals surface area (Å²) in [5, 5.41) is 17.5. The molecule has 0 amide bonds. The Hall–Kier alpha value is -0.860. The molecule has 1 fully saturated rings. The van der Waals surface area contributed by atoms with Crippen LogP contribution in [0.2, 0.25) is 0 Å². The Kier molecular flexibility index (Phi) is 4.72. The Morgan fingerprint density at radius 3 is 2.65 bits per heavy atom. The van der Waals surface area contributed by atoms with Gasteiger partial charge in [-0.05, 0) is 0 Å². The van der Waals surface area contributed by atoms with Gasteiger partial charge in [-0.2, -0.15) is 13.2 Å². The lowest BCUT2D eigenvalue weighted by atomic mass is 10.1. The Bertz CT molecular complexity index is 271. The standard InChI is InChI=1S/C9H14F3NO4/c10-9(11,12)7(3-8(15)16)13-1-2-17-5-6(13)4-14/h6-7,14H,1-5H2,(H,15,16). The van der Waals surface area contributed by atoms with Gasteiger partial charge in [0.1, 0.15) is 6.04 Å². The lowest BCUT2D eigenvalue weighted by Crippen LogP contribution is -2.57. The van der Waals surface area contributed by atoms with Gasteiger partial charge in [0, 0.05) is 6.54 Å². The molecule has 2 unspecified atom stereocenters. The van der Waals surface area contributed by atoms with E-state index >= 15 is 0 Å². The number of morpholine rings is 1. The van der Waals surface area contributed by atoms with Gasteiger partial charge in [-0.25, -0.2) is 0 Å². The van der Waals surface area contributed by atoms with Crippen molar-refractivity contribution in [3.05, 3.63) is 0 Å². The molecule has 17 heavy (non-hydrogen) atoms. The molecule has 0 saturated carbocycles. The Labute approximate surface area is 95.8 Å². The molecule has 2 atom stereocenters. The second kappa shape index (κ2) is 5.65. The zero-order valence-corrected chi connectivity index (χ0v) is 8.98. The van der Waals surface area contributed by atoms with E-state index in [4.69, 9.17) is 14.9 Å². The second-order valence-corrected chi connectivity index (χ2v) is 3.80. The number of nitrogens with zero attached hydrogens (tertiary/aromatic N) is 1. The third-order valence-corrected chi connectivity index (χ3v) is 2.63. The molecule has 5 nitrogen and oxygen atoms in total. The Balaban J connectivity index is 2.83. The van der Waals surface area contributed by atoms with Crippen molar-refractivity contribution in [2.45, 2.75) is 24.7 Å². The average molecular weight is 257 g/mol. The van der Waals surface area contributed by atoms with E-state index in [1.807, 2.05) is 0 Å². The van der Waals surface area contributed by atoms with Crippen molar-refractivity contribution in [1.82, 2.24) is 4.90 Å². The van der Waals surface area contributed by atoms with E-state index in [1.54, 1.807) is 0 Å². The number of hydrogen-bond acceptors (Lipinski definition) is 4. The van der Waals surface area contributed by atoms with Crippen molar-refractivity contribution >= 4 is 5.97 Å². The number of alkyl halides is 3. The topological polar surface area (TPSA) is 70.0 Å². The summed E-state index contributed by atoms with van der Waals surface area (Å²) in [5.41, 5.74) is 0. The predicted molar refractivity (Wildman–Crippen MR) is 50.5 cm³/mol. The van der Waals surface area contributed by atoms with Gasteiger partial charge in [0.25, 0.3) is 0 Å². The molecule has 0 aliphatic carbocycles. The smallest absolute Gasteiger partial charge is 0.404 e. The lowest BCUT2D eigenvalue weighted by molar-refractivity contribution is -0.208. The van der Waals surface area contributed by atoms with Crippen LogP contribution < -0.4 is 0 Å². The summed E-state index contributed by atoms with van der Waals surface area (Å²) < 4.78 is 43.2. The van der Waals surface area contributed by atoms with Crippen LogP contribution in [0.3, 0.4) is 0 Å². The number of rotatable bonds is 4. The first kappa shape index (κ1) is 14.2. The Morgan fingerprint density at radius 2 is 2.18 bits per heavy atom. The van der Waals surface area contributed by atoms with Gasteiger partial charge in [0.15, 0.2) is 0 Å². The van der Waals surface area contributed by atoms with E-state index in [-0.39, 0.29) is 19.8 Å². The van der Waals surface area contributed by atoms with Crippen LogP contribution in [0.1, 0.15) is 6.42 Å². The molecule has 100 valence electrons. The number of ether oxygens (including phenoxy) is 1. The highest BCUT2D eigenvalue weighted by atomic mass is 19.4. The van der Waals surface area contributed by atoms with Crippen LogP contribution in [-0.2, 0) is 9.53 Å². The number of halogens is 3. The fraction of sp³-hybridized carbons (Fsp3) is 0.889. The third kappa shape index (κ3) is 3.83. The maximum atomic E-state index is 12.7. The summed E-state index contributed by atoms with van der Waals surface area (Å²) in [7, 11) is 0. The van der Waals surface area contributed by atoms with Crippen LogP contribution in [0.15, 0.2) is 0 Å². The fourth-order valence-corrected chi connectivity index (χ4v) is 1.82. The molecule has 1 rings (SSSR count). The first-order valence-electron chi connectivity index (χ1n) is 5.09. The van der Waals surface area contributed by atoms with E-state index in [2.05, 4.69) is 0 Å². The highest BCUT2D eigenvalue weighted by molar-refractivity contribution is 5.67. The number of aliphatic hydroxyl groups is 1. The molecule has 0 aromatic heterocycles. The van der Waals surface area contributed by atoms with Gasteiger partial charge < -0.3 is 14.9 Å². The van der Waals surface area contributed by atoms with Gasteiger partial charge >= 0.3 is 12.1 Å². The van der Waals surface area contributed by atoms with Crippen molar-refractivity contribution in [1.29, 1.82) is 0 Å². The largest absolute Gasteiger partial charge is 0.481 e. The maximum absolute atomic E-state index is 12.7. The SMILES string of the molecule is O=C(O)CC(N1CCOCC1CO)C(F)(F)F. The molecule has 0 aromatic carbocycles. The summed E-state index contributed by atoms with van der Waals surface area (Å²) in [4.78, 5) is 11.4. The summed E-state index contributed by atoms with van der Waals surface area (Å²) >= 11 is 0. The molecule has 2 N–H and O–H groups in total. The minimum Gasteiger partial charge on any atom is -0.481 e. The molecular weight excluding hydrogens is 243 g/mol. The van der Waals surface area contributed by atoms with Gasteiger partial charge in [0.2, 0.25) is 0 Å². The van der Waals surface area contributed by atoms with Crippen molar-refractivity contribution < 1.29 is 32.9 Å². The van der Waals surface area contributed by atoms with Crippen molar-refractivity contribution in [3.8, 4) is 0 Å². The molecule has 8 heteroatoms. The summed E-state index contributed by atoms with van der Waals surface area (Å²) in [6.07, 6.45) is -5.66. The van der Waals surface area contributed by atoms with E-state index in [9.17, 15) is 18.0 Å². The minimum atomic E-state index is -4.64. The molecule has 0 radical (unpaired) electrons. The van der Waals surface area contributed by atoms with Crippen LogP contribution in [0.5, 0.6) is 0 Å². The number of carboxylic acids is 1. The number of hydrogen-bond donors (Lipinski definition) is 2. The number of carboxylic acid groups (broad SMARTS) is 1. The van der Waals surface area contributed by atoms with Crippen molar-refractivity contribution in [3.63, 3.8) is 0 Å². The predicted octanol–water partition coefficient (Wildman–Crippen LogP) is 0.0851. The van der Waals surface area contributed by atoms with Crippen LogP contribution in [-0.4, -0.2) is 65.7 Å². The number of aliphatic hydroxyl groups excluding tert-OH is 1. The fourth-order valence-electron chi connectivity index (χ4n) is 1.82. The molecule has 1 saturated heterocycles. The lowest BCUT2D eigenvalue weighted by Gasteiger charge is -2.40. The average Bonchev–Trinajstić information content (AvgIpc) is 2.24. The normalized spacial score (nSPS) is 24.6. The van der Waals surface area contributed by atoms with Crippen LogP contribution in [0.4, 0.5) is 13.2 Å². The van der Waals surface area contributed by atoms with Crippen molar-refractivity contribution in [2.24, 2.45) is 0 Å². The molecule has 1 heterocycles. The number of aliphatic carboxylic acids is 1. The van der Waals surface area contributed by atoms with Gasteiger partial charge in [0.05, 0.1) is 32.3 Å². The first-order valence-corrected chi connectivity index (χ1v) is 5.09. The second-order valence-electron chi connectivity index (χ2n) is 3.80. The van der Waals surface area contributed by atoms with Crippen LogP contribution >= 0.6 is 0 Å². The number of carbonyl (C=O) groups is 1. The molecule has 0 spiro atoms. The van der Waals surface area contributed by atoms with Gasteiger partial charge in [-0.1, -0.05) is 0 Å². The van der Waals surface area contributed by atoms with Crippen LogP contribution in [0, 0.1) is 0 Å². The zero-order valence-electron chi connectivity index (χ0n) is 8.98. The minimum absolute atomic E-state index is 0.0251. The summed E-state index contributed by atoms with van der Waals surface area (Å²) in [6.45, 7) is -0.458. The zero-order chi connectivity index (χ0) is 13.1. The molecule has 1 aliphatic heterocycles.